The predicted octanol–water partition coefficient (Wildman–Crippen LogP) is 2.59. The van der Waals surface area contributed by atoms with Crippen molar-refractivity contribution in [3.05, 3.63) is 59.9 Å². The zero-order valence-corrected chi connectivity index (χ0v) is 19.5. The van der Waals surface area contributed by atoms with Crippen molar-refractivity contribution in [3.8, 4) is 11.5 Å². The summed E-state index contributed by atoms with van der Waals surface area (Å²) in [5.74, 6) is -1.03. The fourth-order valence-electron chi connectivity index (χ4n) is 3.43. The van der Waals surface area contributed by atoms with Crippen LogP contribution in [0.25, 0.3) is 11.5 Å². The quantitative estimate of drug-likeness (QED) is 0.542. The minimum atomic E-state index is -3.80. The number of amides is 2. The Hall–Kier alpha value is -3.84. The van der Waals surface area contributed by atoms with Gasteiger partial charge < -0.3 is 14.1 Å². The van der Waals surface area contributed by atoms with Crippen LogP contribution in [0.5, 0.6) is 0 Å². The number of nitrogens with zero attached hydrogens (tertiary/aromatic N) is 4. The van der Waals surface area contributed by atoms with Crippen LogP contribution >= 0.6 is 0 Å². The summed E-state index contributed by atoms with van der Waals surface area (Å²) in [4.78, 5) is 25.8. The molecule has 1 fully saturated rings. The summed E-state index contributed by atoms with van der Waals surface area (Å²) < 4.78 is 50.9. The van der Waals surface area contributed by atoms with Crippen LogP contribution in [0.3, 0.4) is 0 Å². The first-order valence-electron chi connectivity index (χ1n) is 10.7. The van der Waals surface area contributed by atoms with Gasteiger partial charge in [0.1, 0.15) is 5.82 Å². The average Bonchev–Trinajstić information content (AvgIpc) is 3.33. The molecule has 1 N–H and O–H groups in total. The maximum atomic E-state index is 13.4. The Kier molecular flexibility index (Phi) is 7.07. The van der Waals surface area contributed by atoms with Gasteiger partial charge in [-0.25, -0.2) is 17.6 Å². The zero-order valence-electron chi connectivity index (χ0n) is 18.7. The molecule has 1 aliphatic rings. The number of halogens is 1. The molecule has 0 saturated carbocycles. The van der Waals surface area contributed by atoms with E-state index in [1.54, 1.807) is 13.0 Å². The van der Waals surface area contributed by atoms with E-state index in [-0.39, 0.29) is 55.2 Å². The maximum absolute atomic E-state index is 13.4. The van der Waals surface area contributed by atoms with Gasteiger partial charge in [-0.1, -0.05) is 11.2 Å². The molecule has 2 heterocycles. The van der Waals surface area contributed by atoms with Crippen LogP contribution in [0.1, 0.15) is 17.3 Å². The lowest BCUT2D eigenvalue weighted by atomic mass is 10.2. The Morgan fingerprint density at radius 3 is 2.46 bits per heavy atom. The van der Waals surface area contributed by atoms with Crippen molar-refractivity contribution in [2.45, 2.75) is 11.8 Å². The van der Waals surface area contributed by atoms with E-state index in [4.69, 9.17) is 9.15 Å². The number of ether oxygens (including phenoxy) is 1. The lowest BCUT2D eigenvalue weighted by Gasteiger charge is -2.33. The average molecular weight is 504 g/mol. The molecule has 13 heteroatoms. The normalized spacial score (nSPS) is 14.5. The second kappa shape index (κ2) is 10.2. The van der Waals surface area contributed by atoms with Gasteiger partial charge in [-0.2, -0.15) is 4.31 Å². The maximum Gasteiger partial charge on any atom is 0.409 e. The summed E-state index contributed by atoms with van der Waals surface area (Å²) >= 11 is 0. The van der Waals surface area contributed by atoms with E-state index < -0.39 is 27.8 Å². The molecule has 11 nitrogen and oxygen atoms in total. The molecule has 2 aromatic carbocycles. The number of carbonyl (C=O) groups excluding carboxylic acids is 2. The zero-order chi connectivity index (χ0) is 25.0. The molecule has 0 unspecified atom stereocenters. The minimum absolute atomic E-state index is 0.0183. The monoisotopic (exact) mass is 503 g/mol. The molecular weight excluding hydrogens is 481 g/mol. The van der Waals surface area contributed by atoms with Crippen LogP contribution in [-0.2, 0) is 14.8 Å². The smallest absolute Gasteiger partial charge is 0.409 e. The number of hydrogen-bond acceptors (Lipinski definition) is 8. The number of benzene rings is 2. The van der Waals surface area contributed by atoms with Gasteiger partial charge in [-0.05, 0) is 49.4 Å². The van der Waals surface area contributed by atoms with E-state index in [0.29, 0.717) is 5.56 Å². The van der Waals surface area contributed by atoms with Crippen molar-refractivity contribution in [3.63, 3.8) is 0 Å². The highest BCUT2D eigenvalue weighted by Crippen LogP contribution is 2.22. The largest absolute Gasteiger partial charge is 0.450 e. The van der Waals surface area contributed by atoms with Crippen molar-refractivity contribution in [2.24, 2.45) is 0 Å². The first kappa shape index (κ1) is 24.3. The highest BCUT2D eigenvalue weighted by molar-refractivity contribution is 7.89. The van der Waals surface area contributed by atoms with Crippen molar-refractivity contribution < 1.29 is 31.6 Å². The van der Waals surface area contributed by atoms with Gasteiger partial charge in [0, 0.05) is 37.3 Å². The second-order valence-corrected chi connectivity index (χ2v) is 9.43. The summed E-state index contributed by atoms with van der Waals surface area (Å²) in [6.07, 6.45) is -0.468. The summed E-state index contributed by atoms with van der Waals surface area (Å²) in [5, 5.41) is 9.94. The Bertz CT molecular complexity index is 1320. The van der Waals surface area contributed by atoms with Crippen LogP contribution in [0, 0.1) is 5.82 Å². The molecule has 3 aromatic rings. The number of sulfonamides is 1. The van der Waals surface area contributed by atoms with E-state index in [1.165, 1.54) is 51.7 Å². The molecule has 1 saturated heterocycles. The fourth-order valence-corrected chi connectivity index (χ4v) is 4.86. The lowest BCUT2D eigenvalue weighted by Crippen LogP contribution is -2.50. The van der Waals surface area contributed by atoms with E-state index in [9.17, 15) is 22.4 Å². The minimum Gasteiger partial charge on any atom is -0.450 e. The molecule has 1 aromatic heterocycles. The van der Waals surface area contributed by atoms with E-state index >= 15 is 0 Å². The van der Waals surface area contributed by atoms with Crippen LogP contribution in [0.2, 0.25) is 0 Å². The van der Waals surface area contributed by atoms with Gasteiger partial charge in [0.05, 0.1) is 11.5 Å². The highest BCUT2D eigenvalue weighted by Gasteiger charge is 2.30. The van der Waals surface area contributed by atoms with Crippen molar-refractivity contribution >= 4 is 28.0 Å². The third kappa shape index (κ3) is 5.46. The van der Waals surface area contributed by atoms with Gasteiger partial charge in [-0.15, -0.1) is 5.10 Å². The Morgan fingerprint density at radius 1 is 1.09 bits per heavy atom. The molecule has 0 radical (unpaired) electrons. The van der Waals surface area contributed by atoms with Crippen LogP contribution in [0.15, 0.2) is 57.8 Å². The molecule has 1 aliphatic heterocycles. The molecule has 35 heavy (non-hydrogen) atoms. The molecular formula is C22H22FN5O6S. The molecule has 0 spiro atoms. The molecule has 4 rings (SSSR count). The lowest BCUT2D eigenvalue weighted by molar-refractivity contribution is 0.0933. The number of hydrogen-bond donors (Lipinski definition) is 1. The van der Waals surface area contributed by atoms with Gasteiger partial charge in [0.2, 0.25) is 15.9 Å². The first-order chi connectivity index (χ1) is 16.8. The summed E-state index contributed by atoms with van der Waals surface area (Å²) in [6, 6.07) is 10.8. The van der Waals surface area contributed by atoms with Crippen molar-refractivity contribution in [1.29, 1.82) is 0 Å². The third-order valence-electron chi connectivity index (χ3n) is 5.24. The molecule has 0 bridgehead atoms. The van der Waals surface area contributed by atoms with Crippen LogP contribution in [0.4, 0.5) is 15.2 Å². The van der Waals surface area contributed by atoms with Crippen molar-refractivity contribution in [2.75, 3.05) is 38.1 Å². The Balaban J connectivity index is 1.39. The standard InChI is InChI=1S/C22H22FN5O6S/c1-2-33-22(30)27-10-12-28(13-11-27)35(31,32)18-8-6-15(7-9-18)19(29)24-21-26-25-20(34-21)16-4-3-5-17(23)14-16/h3-9,14H,2,10-13H2,1H3,(H,24,26,29). The summed E-state index contributed by atoms with van der Waals surface area (Å²) in [5.41, 5.74) is 0.525. The highest BCUT2D eigenvalue weighted by atomic mass is 32.2. The summed E-state index contributed by atoms with van der Waals surface area (Å²) in [6.45, 7) is 2.66. The van der Waals surface area contributed by atoms with Crippen LogP contribution < -0.4 is 5.32 Å². The van der Waals surface area contributed by atoms with Crippen molar-refractivity contribution in [1.82, 2.24) is 19.4 Å². The molecule has 2 amide bonds. The number of piperazine rings is 1. The topological polar surface area (TPSA) is 135 Å². The Labute approximate surface area is 200 Å². The number of carbonyl (C=O) groups is 2. The van der Waals surface area contributed by atoms with E-state index in [1.807, 2.05) is 0 Å². The van der Waals surface area contributed by atoms with Gasteiger partial charge in [-0.3, -0.25) is 10.1 Å². The first-order valence-corrected chi connectivity index (χ1v) is 12.1. The number of nitrogens with one attached hydrogen (secondary N) is 1. The van der Waals surface area contributed by atoms with Crippen LogP contribution in [-0.4, -0.2) is 72.6 Å². The second-order valence-electron chi connectivity index (χ2n) is 7.49. The SMILES string of the molecule is CCOC(=O)N1CCN(S(=O)(=O)c2ccc(C(=O)Nc3nnc(-c4cccc(F)c4)o3)cc2)CC1. The van der Waals surface area contributed by atoms with Gasteiger partial charge >= 0.3 is 12.1 Å². The number of aromatic nitrogens is 2. The van der Waals surface area contributed by atoms with E-state index in [2.05, 4.69) is 15.5 Å². The Morgan fingerprint density at radius 2 is 1.80 bits per heavy atom. The van der Waals surface area contributed by atoms with E-state index in [0.717, 1.165) is 0 Å². The third-order valence-corrected chi connectivity index (χ3v) is 7.15. The summed E-state index contributed by atoms with van der Waals surface area (Å²) in [7, 11) is -3.80. The number of anilines is 1. The predicted molar refractivity (Wildman–Crippen MR) is 121 cm³/mol. The molecule has 0 aliphatic carbocycles. The van der Waals surface area contributed by atoms with Gasteiger partial charge in [0.15, 0.2) is 0 Å². The fraction of sp³-hybridized carbons (Fsp3) is 0.273. The van der Waals surface area contributed by atoms with Gasteiger partial charge in [0.25, 0.3) is 5.91 Å². The number of rotatable bonds is 6. The molecule has 184 valence electrons. The molecule has 0 atom stereocenters.